The first kappa shape index (κ1) is 23.6. The van der Waals surface area contributed by atoms with Crippen LogP contribution in [0.15, 0.2) is 54.9 Å². The Morgan fingerprint density at radius 1 is 1.18 bits per heavy atom. The highest BCUT2D eigenvalue weighted by atomic mass is 16.5. The van der Waals surface area contributed by atoms with Gasteiger partial charge in [-0.2, -0.15) is 5.10 Å². The molecule has 0 aliphatic heterocycles. The summed E-state index contributed by atoms with van der Waals surface area (Å²) in [4.78, 5) is 25.6. The number of hydrogen-bond acceptors (Lipinski definition) is 6. The standard InChI is InChI=1S/C23H26N4O6/c1-32-19-4-2-3-16(11-19)15-27(8-7-22(29)30)23(31)26-20-6-5-17(18-13-24-25-14-18)12-21(20)33-10-9-28/h2-6,11-14,28H,7-10,15H2,1H3,(H,24,25)(H,26,31)(H,29,30). The van der Waals surface area contributed by atoms with E-state index in [1.165, 1.54) is 4.90 Å². The number of aliphatic carboxylic acids is 1. The fraction of sp³-hybridized carbons (Fsp3) is 0.261. The van der Waals surface area contributed by atoms with Crippen molar-refractivity contribution in [3.05, 3.63) is 60.4 Å². The lowest BCUT2D eigenvalue weighted by Crippen LogP contribution is -2.36. The maximum atomic E-state index is 13.1. The number of aromatic nitrogens is 2. The highest BCUT2D eigenvalue weighted by Crippen LogP contribution is 2.31. The van der Waals surface area contributed by atoms with Gasteiger partial charge in [0, 0.05) is 24.8 Å². The third kappa shape index (κ3) is 6.71. The molecule has 10 nitrogen and oxygen atoms in total. The predicted octanol–water partition coefficient (Wildman–Crippen LogP) is 2.97. The third-order valence-electron chi connectivity index (χ3n) is 4.79. The zero-order chi connectivity index (χ0) is 23.6. The number of aliphatic hydroxyl groups is 1. The van der Waals surface area contributed by atoms with Crippen molar-refractivity contribution < 1.29 is 29.3 Å². The minimum atomic E-state index is -1.00. The molecule has 33 heavy (non-hydrogen) atoms. The van der Waals surface area contributed by atoms with E-state index in [4.69, 9.17) is 19.7 Å². The largest absolute Gasteiger partial charge is 0.497 e. The number of methoxy groups -OCH3 is 1. The molecule has 1 heterocycles. The van der Waals surface area contributed by atoms with Crippen molar-refractivity contribution in [2.24, 2.45) is 0 Å². The SMILES string of the molecule is COc1cccc(CN(CCC(=O)O)C(=O)Nc2ccc(-c3cn[nH]c3)cc2OCCO)c1. The maximum absolute atomic E-state index is 13.1. The van der Waals surface area contributed by atoms with E-state index in [0.717, 1.165) is 16.7 Å². The summed E-state index contributed by atoms with van der Waals surface area (Å²) in [7, 11) is 1.55. The summed E-state index contributed by atoms with van der Waals surface area (Å²) in [5.74, 6) is 0.00570. The number of rotatable bonds is 11. The number of urea groups is 1. The molecule has 174 valence electrons. The van der Waals surface area contributed by atoms with Gasteiger partial charge in [-0.1, -0.05) is 18.2 Å². The summed E-state index contributed by atoms with van der Waals surface area (Å²) < 4.78 is 10.9. The number of aromatic amines is 1. The van der Waals surface area contributed by atoms with Gasteiger partial charge in [-0.25, -0.2) is 4.79 Å². The molecule has 0 bridgehead atoms. The van der Waals surface area contributed by atoms with Crippen LogP contribution in [0.4, 0.5) is 10.5 Å². The number of hydrogen-bond donors (Lipinski definition) is 4. The first-order chi connectivity index (χ1) is 16.0. The number of carbonyl (C=O) groups is 2. The number of carbonyl (C=O) groups excluding carboxylic acids is 1. The lowest BCUT2D eigenvalue weighted by Gasteiger charge is -2.24. The number of carboxylic acid groups (broad SMARTS) is 1. The van der Waals surface area contributed by atoms with Crippen LogP contribution in [0.3, 0.4) is 0 Å². The molecule has 10 heteroatoms. The number of anilines is 1. The number of H-pyrrole nitrogens is 1. The second kappa shape index (κ2) is 11.5. The predicted molar refractivity (Wildman–Crippen MR) is 121 cm³/mol. The van der Waals surface area contributed by atoms with Gasteiger partial charge in [-0.3, -0.25) is 9.89 Å². The van der Waals surface area contributed by atoms with E-state index >= 15 is 0 Å². The maximum Gasteiger partial charge on any atom is 0.322 e. The van der Waals surface area contributed by atoms with Crippen molar-refractivity contribution in [2.45, 2.75) is 13.0 Å². The summed E-state index contributed by atoms with van der Waals surface area (Å²) in [6, 6.07) is 12.0. The summed E-state index contributed by atoms with van der Waals surface area (Å²) in [5, 5.41) is 27.8. The molecule has 0 saturated carbocycles. The van der Waals surface area contributed by atoms with Crippen molar-refractivity contribution in [1.29, 1.82) is 0 Å². The molecule has 0 saturated heterocycles. The molecule has 0 fully saturated rings. The highest BCUT2D eigenvalue weighted by Gasteiger charge is 2.18. The molecule has 3 aromatic rings. The zero-order valence-electron chi connectivity index (χ0n) is 18.2. The fourth-order valence-corrected chi connectivity index (χ4v) is 3.16. The second-order valence-corrected chi connectivity index (χ2v) is 7.12. The number of nitrogens with one attached hydrogen (secondary N) is 2. The van der Waals surface area contributed by atoms with Crippen LogP contribution in [0.1, 0.15) is 12.0 Å². The topological polar surface area (TPSA) is 137 Å². The Balaban J connectivity index is 1.82. The van der Waals surface area contributed by atoms with Gasteiger partial charge in [0.05, 0.1) is 32.0 Å². The highest BCUT2D eigenvalue weighted by molar-refractivity contribution is 5.92. The number of amides is 2. The molecule has 0 unspecified atom stereocenters. The Kier molecular flexibility index (Phi) is 8.25. The summed E-state index contributed by atoms with van der Waals surface area (Å²) >= 11 is 0. The first-order valence-corrected chi connectivity index (χ1v) is 10.3. The smallest absolute Gasteiger partial charge is 0.322 e. The van der Waals surface area contributed by atoms with Crippen LogP contribution in [-0.2, 0) is 11.3 Å². The molecule has 3 rings (SSSR count). The number of aliphatic hydroxyl groups excluding tert-OH is 1. The molecule has 0 spiro atoms. The van der Waals surface area contributed by atoms with Crippen molar-refractivity contribution in [3.8, 4) is 22.6 Å². The molecule has 2 aromatic carbocycles. The van der Waals surface area contributed by atoms with Gasteiger partial charge in [0.15, 0.2) is 0 Å². The molecule has 4 N–H and O–H groups in total. The molecule has 2 amide bonds. The Morgan fingerprint density at radius 3 is 2.73 bits per heavy atom. The van der Waals surface area contributed by atoms with E-state index in [1.807, 2.05) is 6.07 Å². The van der Waals surface area contributed by atoms with Crippen LogP contribution < -0.4 is 14.8 Å². The van der Waals surface area contributed by atoms with Crippen LogP contribution in [0.2, 0.25) is 0 Å². The third-order valence-corrected chi connectivity index (χ3v) is 4.79. The molecule has 0 aliphatic carbocycles. The normalized spacial score (nSPS) is 10.5. The Hall–Kier alpha value is -4.05. The van der Waals surface area contributed by atoms with E-state index in [2.05, 4.69) is 15.5 Å². The van der Waals surface area contributed by atoms with Crippen molar-refractivity contribution in [2.75, 3.05) is 32.2 Å². The van der Waals surface area contributed by atoms with Crippen molar-refractivity contribution >= 4 is 17.7 Å². The van der Waals surface area contributed by atoms with Crippen LogP contribution >= 0.6 is 0 Å². The van der Waals surface area contributed by atoms with Gasteiger partial charge in [0.2, 0.25) is 0 Å². The molecule has 0 radical (unpaired) electrons. The number of benzene rings is 2. The van der Waals surface area contributed by atoms with Crippen LogP contribution in [-0.4, -0.2) is 64.2 Å². The van der Waals surface area contributed by atoms with Gasteiger partial charge in [0.1, 0.15) is 18.1 Å². The molecular weight excluding hydrogens is 428 g/mol. The van der Waals surface area contributed by atoms with Crippen LogP contribution in [0, 0.1) is 0 Å². The van der Waals surface area contributed by atoms with Crippen LogP contribution in [0.5, 0.6) is 11.5 Å². The minimum Gasteiger partial charge on any atom is -0.497 e. The number of carboxylic acids is 1. The Morgan fingerprint density at radius 2 is 2.03 bits per heavy atom. The van der Waals surface area contributed by atoms with Crippen molar-refractivity contribution in [3.63, 3.8) is 0 Å². The fourth-order valence-electron chi connectivity index (χ4n) is 3.16. The lowest BCUT2D eigenvalue weighted by atomic mass is 10.1. The van der Waals surface area contributed by atoms with Gasteiger partial charge in [0.25, 0.3) is 0 Å². The summed E-state index contributed by atoms with van der Waals surface area (Å²) in [6.07, 6.45) is 3.18. The van der Waals surface area contributed by atoms with Gasteiger partial charge < -0.3 is 29.9 Å². The van der Waals surface area contributed by atoms with Crippen LogP contribution in [0.25, 0.3) is 11.1 Å². The first-order valence-electron chi connectivity index (χ1n) is 10.3. The van der Waals surface area contributed by atoms with E-state index in [9.17, 15) is 9.59 Å². The van der Waals surface area contributed by atoms with E-state index < -0.39 is 12.0 Å². The summed E-state index contributed by atoms with van der Waals surface area (Å²) in [5.41, 5.74) is 2.84. The molecule has 0 aliphatic rings. The van der Waals surface area contributed by atoms with Gasteiger partial charge in [-0.05, 0) is 35.4 Å². The van der Waals surface area contributed by atoms with E-state index in [0.29, 0.717) is 17.2 Å². The Bertz CT molecular complexity index is 1070. The second-order valence-electron chi connectivity index (χ2n) is 7.12. The molecular formula is C23H26N4O6. The average Bonchev–Trinajstić information content (AvgIpc) is 3.36. The lowest BCUT2D eigenvalue weighted by molar-refractivity contribution is -0.137. The van der Waals surface area contributed by atoms with E-state index in [-0.39, 0.29) is 32.7 Å². The number of ether oxygens (including phenoxy) is 2. The molecule has 1 aromatic heterocycles. The average molecular weight is 454 g/mol. The zero-order valence-corrected chi connectivity index (χ0v) is 18.2. The quantitative estimate of drug-likeness (QED) is 0.350. The van der Waals surface area contributed by atoms with Gasteiger partial charge >= 0.3 is 12.0 Å². The summed E-state index contributed by atoms with van der Waals surface area (Å²) in [6.45, 7) is 0.0582. The monoisotopic (exact) mass is 454 g/mol. The number of nitrogens with zero attached hydrogens (tertiary/aromatic N) is 2. The minimum absolute atomic E-state index is 0.0122. The van der Waals surface area contributed by atoms with Gasteiger partial charge in [-0.15, -0.1) is 0 Å². The Labute approximate surface area is 190 Å². The van der Waals surface area contributed by atoms with E-state index in [1.54, 1.807) is 55.9 Å². The molecule has 0 atom stereocenters. The van der Waals surface area contributed by atoms with Crippen molar-refractivity contribution in [1.82, 2.24) is 15.1 Å².